The van der Waals surface area contributed by atoms with Crippen LogP contribution in [0.25, 0.3) is 22.0 Å². The number of carbonyl (C=O) groups is 2. The summed E-state index contributed by atoms with van der Waals surface area (Å²) in [6.45, 7) is -0.487. The van der Waals surface area contributed by atoms with Crippen LogP contribution in [0.15, 0.2) is 59.6 Å². The lowest BCUT2D eigenvalue weighted by Crippen LogP contribution is -2.24. The molecule has 0 radical (unpaired) electrons. The number of aliphatic hydroxyl groups is 2. The monoisotopic (exact) mass is 424 g/mol. The number of amides is 2. The Morgan fingerprint density at radius 1 is 1.10 bits per heavy atom. The summed E-state index contributed by atoms with van der Waals surface area (Å²) in [5.74, 6) is -1.12. The van der Waals surface area contributed by atoms with Crippen molar-refractivity contribution in [2.75, 3.05) is 12.4 Å². The third-order valence-electron chi connectivity index (χ3n) is 5.04. The number of aromatic nitrogens is 1. The van der Waals surface area contributed by atoms with E-state index in [9.17, 15) is 19.2 Å². The second-order valence-corrected chi connectivity index (χ2v) is 8.58. The van der Waals surface area contributed by atoms with Crippen molar-refractivity contribution in [3.63, 3.8) is 0 Å². The number of aryl methyl sites for hydroxylation is 1. The van der Waals surface area contributed by atoms with Gasteiger partial charge < -0.3 is 19.3 Å². The van der Waals surface area contributed by atoms with E-state index in [2.05, 4.69) is 5.32 Å². The molecule has 2 amide bonds. The average Bonchev–Trinajstić information content (AvgIpc) is 3.23. The number of nitrogens with one attached hydrogen (secondary N) is 1. The highest BCUT2D eigenvalue weighted by Crippen LogP contribution is 2.36. The van der Waals surface area contributed by atoms with Crippen molar-refractivity contribution in [1.29, 1.82) is 0 Å². The largest absolute Gasteiger partial charge is 0.611 e. The van der Waals surface area contributed by atoms with E-state index in [1.165, 1.54) is 0 Å². The number of hydrogen-bond acceptors (Lipinski definition) is 5. The lowest BCUT2D eigenvalue weighted by atomic mass is 9.96. The van der Waals surface area contributed by atoms with Crippen molar-refractivity contribution in [2.24, 2.45) is 7.05 Å². The Balaban J connectivity index is 1.85. The molecular formula is C22H20N2O5S. The third kappa shape index (κ3) is 3.54. The molecule has 0 fully saturated rings. The summed E-state index contributed by atoms with van der Waals surface area (Å²) in [5.41, 5.74) is 2.53. The lowest BCUT2D eigenvalue weighted by Gasteiger charge is -2.14. The summed E-state index contributed by atoms with van der Waals surface area (Å²) in [6.07, 6.45) is 0.717. The molecule has 2 aromatic carbocycles. The van der Waals surface area contributed by atoms with E-state index in [1.54, 1.807) is 24.3 Å². The van der Waals surface area contributed by atoms with Gasteiger partial charge in [0.25, 0.3) is 11.8 Å². The molecule has 2 atom stereocenters. The van der Waals surface area contributed by atoms with Crippen LogP contribution in [0.2, 0.25) is 0 Å². The number of fused-ring (bicyclic) bond motifs is 1. The first kappa shape index (κ1) is 20.4. The molecule has 0 spiro atoms. The summed E-state index contributed by atoms with van der Waals surface area (Å²) >= 11 is -1.57. The second kappa shape index (κ2) is 8.08. The number of hydrogen-bond donors (Lipinski definition) is 3. The van der Waals surface area contributed by atoms with Crippen LogP contribution < -0.4 is 5.32 Å². The fourth-order valence-electron chi connectivity index (χ4n) is 3.65. The van der Waals surface area contributed by atoms with E-state index in [0.717, 1.165) is 10.9 Å². The molecule has 0 bridgehead atoms. The molecular weight excluding hydrogens is 404 g/mol. The molecule has 3 N–H and O–H groups in total. The Bertz CT molecular complexity index is 1180. The maximum Gasteiger partial charge on any atom is 0.259 e. The van der Waals surface area contributed by atoms with Gasteiger partial charge in [-0.25, -0.2) is 0 Å². The Morgan fingerprint density at radius 2 is 1.83 bits per heavy atom. The van der Waals surface area contributed by atoms with Crippen LogP contribution in [0.1, 0.15) is 11.1 Å². The first-order chi connectivity index (χ1) is 14.4. The minimum atomic E-state index is -1.57. The van der Waals surface area contributed by atoms with Crippen LogP contribution in [-0.4, -0.2) is 49.6 Å². The van der Waals surface area contributed by atoms with Gasteiger partial charge in [0.05, 0.1) is 17.8 Å². The molecule has 1 aromatic heterocycles. The maximum absolute atomic E-state index is 12.7. The van der Waals surface area contributed by atoms with E-state index in [4.69, 9.17) is 5.11 Å². The molecule has 1 aliphatic heterocycles. The van der Waals surface area contributed by atoms with Crippen molar-refractivity contribution < 1.29 is 24.4 Å². The number of imide groups is 1. The fraction of sp³-hybridized carbons (Fsp3) is 0.182. The van der Waals surface area contributed by atoms with E-state index in [0.29, 0.717) is 16.0 Å². The van der Waals surface area contributed by atoms with Crippen molar-refractivity contribution in [3.05, 3.63) is 65.9 Å². The van der Waals surface area contributed by atoms with Crippen LogP contribution in [0.4, 0.5) is 0 Å². The van der Waals surface area contributed by atoms with Gasteiger partial charge in [0.1, 0.15) is 11.9 Å². The molecule has 30 heavy (non-hydrogen) atoms. The second-order valence-electron chi connectivity index (χ2n) is 7.08. The highest BCUT2D eigenvalue weighted by Gasteiger charge is 2.34. The van der Waals surface area contributed by atoms with Gasteiger partial charge in [-0.15, -0.1) is 0 Å². The molecule has 7 nitrogen and oxygen atoms in total. The number of aliphatic hydroxyl groups excluding tert-OH is 2. The highest BCUT2D eigenvalue weighted by molar-refractivity contribution is 7.91. The van der Waals surface area contributed by atoms with Crippen molar-refractivity contribution >= 4 is 45.0 Å². The zero-order valence-corrected chi connectivity index (χ0v) is 17.0. The molecule has 0 saturated carbocycles. The van der Waals surface area contributed by atoms with Gasteiger partial charge in [0.15, 0.2) is 4.90 Å². The van der Waals surface area contributed by atoms with Crippen LogP contribution in [-0.2, 0) is 27.8 Å². The normalized spacial score (nSPS) is 16.3. The average molecular weight is 424 g/mol. The van der Waals surface area contributed by atoms with Crippen molar-refractivity contribution in [2.45, 2.75) is 11.0 Å². The van der Waals surface area contributed by atoms with Gasteiger partial charge >= 0.3 is 0 Å². The maximum atomic E-state index is 12.7. The minimum absolute atomic E-state index is 0.125. The molecule has 0 aliphatic carbocycles. The Labute approximate surface area is 175 Å². The zero-order valence-electron chi connectivity index (χ0n) is 16.2. The first-order valence-corrected chi connectivity index (χ1v) is 10.6. The van der Waals surface area contributed by atoms with Crippen molar-refractivity contribution in [3.8, 4) is 0 Å². The molecule has 1 unspecified atom stereocenters. The summed E-state index contributed by atoms with van der Waals surface area (Å²) in [7, 11) is 1.87. The van der Waals surface area contributed by atoms with Crippen LogP contribution >= 0.6 is 0 Å². The predicted octanol–water partition coefficient (Wildman–Crippen LogP) is 1.21. The van der Waals surface area contributed by atoms with E-state index < -0.39 is 35.7 Å². The number of rotatable bonds is 6. The summed E-state index contributed by atoms with van der Waals surface area (Å²) in [5, 5.41) is 21.8. The zero-order chi connectivity index (χ0) is 21.4. The fourth-order valence-corrected chi connectivity index (χ4v) is 4.78. The Hall–Kier alpha value is -2.91. The summed E-state index contributed by atoms with van der Waals surface area (Å²) in [4.78, 5) is 25.8. The Morgan fingerprint density at radius 3 is 2.60 bits per heavy atom. The smallest absolute Gasteiger partial charge is 0.259 e. The summed E-state index contributed by atoms with van der Waals surface area (Å²) < 4.78 is 14.4. The number of para-hydroxylation sites is 1. The van der Waals surface area contributed by atoms with Gasteiger partial charge in [0.2, 0.25) is 0 Å². The third-order valence-corrected chi connectivity index (χ3v) is 6.50. The molecule has 8 heteroatoms. The Kier molecular flexibility index (Phi) is 5.48. The molecule has 0 saturated heterocycles. The van der Waals surface area contributed by atoms with Gasteiger partial charge in [-0.05, 0) is 28.9 Å². The minimum Gasteiger partial charge on any atom is -0.611 e. The number of nitrogens with zero attached hydrogens (tertiary/aromatic N) is 1. The van der Waals surface area contributed by atoms with Crippen molar-refractivity contribution in [1.82, 2.24) is 9.88 Å². The molecule has 154 valence electrons. The van der Waals surface area contributed by atoms with Gasteiger partial charge in [-0.1, -0.05) is 30.3 Å². The quantitative estimate of drug-likeness (QED) is 0.406. The number of benzene rings is 2. The molecule has 1 aliphatic rings. The lowest BCUT2D eigenvalue weighted by molar-refractivity contribution is -0.122. The van der Waals surface area contributed by atoms with Crippen LogP contribution in [0, 0.1) is 0 Å². The van der Waals surface area contributed by atoms with Crippen LogP contribution in [0.3, 0.4) is 0 Å². The molecule has 2 heterocycles. The van der Waals surface area contributed by atoms with E-state index in [1.807, 2.05) is 42.1 Å². The van der Waals surface area contributed by atoms with Gasteiger partial charge in [-0.2, -0.15) is 0 Å². The number of carbonyl (C=O) groups excluding carboxylic acids is 2. The van der Waals surface area contributed by atoms with E-state index >= 15 is 0 Å². The first-order valence-electron chi connectivity index (χ1n) is 9.33. The predicted molar refractivity (Wildman–Crippen MR) is 114 cm³/mol. The summed E-state index contributed by atoms with van der Waals surface area (Å²) in [6, 6.07) is 14.1. The highest BCUT2D eigenvalue weighted by atomic mass is 32.2. The van der Waals surface area contributed by atoms with Crippen LogP contribution in [0.5, 0.6) is 0 Å². The molecule has 4 rings (SSSR count). The van der Waals surface area contributed by atoms with E-state index in [-0.39, 0.29) is 16.9 Å². The van der Waals surface area contributed by atoms with Gasteiger partial charge in [-0.3, -0.25) is 14.9 Å². The SMILES string of the molecule is Cn1cc(C2=C(c3cccc([S@+]([O-])CC(O)CO)c3)C(=O)NC2=O)c2ccccc21. The molecule has 3 aromatic rings. The standard InChI is InChI=1S/C22H20N2O5S/c1-24-10-17(16-7-2-3-8-18(16)24)20-19(21(27)23-22(20)28)13-5-4-6-15(9-13)30(29)12-14(26)11-25/h2-10,14,25-26H,11-12H2,1H3,(H,23,27,28)/t14?,30-/m1/s1. The van der Waals surface area contributed by atoms with Gasteiger partial charge in [0, 0.05) is 35.8 Å². The topological polar surface area (TPSA) is 115 Å².